The third-order valence-corrected chi connectivity index (χ3v) is 4.35. The van der Waals surface area contributed by atoms with Crippen LogP contribution in [0.1, 0.15) is 40.8 Å². The average Bonchev–Trinajstić information content (AvgIpc) is 2.71. The highest BCUT2D eigenvalue weighted by Crippen LogP contribution is 1.93. The van der Waals surface area contributed by atoms with Crippen molar-refractivity contribution < 1.29 is 0 Å². The molecular weight excluding hydrogens is 350 g/mol. The zero-order valence-corrected chi connectivity index (χ0v) is 16.0. The van der Waals surface area contributed by atoms with Gasteiger partial charge in [0.05, 0.1) is 0 Å². The molecule has 0 unspecified atom stereocenters. The second kappa shape index (κ2) is 10.4. The first-order valence-electron chi connectivity index (χ1n) is 7.80. The molecule has 0 saturated heterocycles. The average molecular weight is 377 g/mol. The summed E-state index contributed by atoms with van der Waals surface area (Å²) in [4.78, 5) is 62.2. The Morgan fingerprint density at radius 1 is 0.370 bits per heavy atom. The van der Waals surface area contributed by atoms with E-state index in [1.165, 1.54) is 7.05 Å². The van der Waals surface area contributed by atoms with Crippen LogP contribution in [0.5, 0.6) is 0 Å². The molecule has 0 aliphatic carbocycles. The van der Waals surface area contributed by atoms with Gasteiger partial charge in [-0.1, -0.05) is 7.43 Å². The van der Waals surface area contributed by atoms with E-state index in [1.54, 1.807) is 41.5 Å². The van der Waals surface area contributed by atoms with E-state index < -0.39 is 0 Å². The fraction of sp³-hybridized carbons (Fsp3) is 0.400. The van der Waals surface area contributed by atoms with E-state index in [0.29, 0.717) is 33.4 Å². The summed E-state index contributed by atoms with van der Waals surface area (Å²) in [6.45, 7) is 9.99. The Balaban J connectivity index is 0. The van der Waals surface area contributed by atoms with Gasteiger partial charge in [-0.05, 0) is 48.6 Å². The van der Waals surface area contributed by atoms with Crippen molar-refractivity contribution in [2.75, 3.05) is 7.05 Å². The minimum atomic E-state index is -0.317. The maximum absolute atomic E-state index is 10.4. The van der Waals surface area contributed by atoms with Gasteiger partial charge in [0, 0.05) is 33.4 Å². The van der Waals surface area contributed by atoms with Crippen LogP contribution in [0.15, 0.2) is 28.8 Å². The first kappa shape index (κ1) is 26.4. The van der Waals surface area contributed by atoms with Gasteiger partial charge in [-0.3, -0.25) is 28.8 Å². The molecule has 0 radical (unpaired) electrons. The van der Waals surface area contributed by atoms with Crippen LogP contribution in [0, 0.1) is 41.5 Å². The zero-order chi connectivity index (χ0) is 20.9. The third kappa shape index (κ3) is 5.10. The van der Waals surface area contributed by atoms with Crippen LogP contribution >= 0.6 is 0 Å². The minimum absolute atomic E-state index is 0. The van der Waals surface area contributed by atoms with Crippen LogP contribution in [0.2, 0.25) is 0 Å². The van der Waals surface area contributed by atoms with E-state index >= 15 is 0 Å². The Morgan fingerprint density at radius 2 is 0.444 bits per heavy atom. The summed E-state index contributed by atoms with van der Waals surface area (Å²) in [5.74, 6) is 0. The second-order valence-electron chi connectivity index (χ2n) is 5.72. The Hall–Kier alpha value is -2.80. The Labute approximate surface area is 157 Å². The maximum atomic E-state index is 10.4. The highest BCUT2D eigenvalue weighted by Gasteiger charge is 2.11. The molecule has 0 spiro atoms. The molecule has 0 amide bonds. The van der Waals surface area contributed by atoms with Crippen LogP contribution in [-0.2, 0) is 0 Å². The first-order chi connectivity index (χ1) is 11.9. The molecule has 2 N–H and O–H groups in total. The molecule has 3 aromatic rings. The van der Waals surface area contributed by atoms with Crippen LogP contribution in [-0.4, -0.2) is 7.05 Å². The molecular formula is C20H27NO6. The quantitative estimate of drug-likeness (QED) is 0.542. The molecule has 0 atom stereocenters. The highest BCUT2D eigenvalue weighted by atomic mass is 16.2. The van der Waals surface area contributed by atoms with Gasteiger partial charge in [-0.15, -0.1) is 0 Å². The molecule has 0 aromatic heterocycles. The minimum Gasteiger partial charge on any atom is -0.333 e. The normalized spacial score (nSPS) is 9.33. The molecule has 3 rings (SSSR count). The van der Waals surface area contributed by atoms with Crippen molar-refractivity contribution in [3.05, 3.63) is 94.7 Å². The van der Waals surface area contributed by atoms with E-state index in [0.717, 1.165) is 0 Å². The van der Waals surface area contributed by atoms with Crippen molar-refractivity contribution in [2.24, 2.45) is 5.73 Å². The summed E-state index contributed by atoms with van der Waals surface area (Å²) in [7, 11) is 1.50. The summed E-state index contributed by atoms with van der Waals surface area (Å²) in [6.07, 6.45) is 0. The Morgan fingerprint density at radius 3 is 0.481 bits per heavy atom. The SMILES string of the molecule is C.CN.Cc1c(C)c(=O)c1=O.Cc1c(C)c(=O)c1=O.Cc1c(C)c(=O)c1=O. The summed E-state index contributed by atoms with van der Waals surface area (Å²) in [6, 6.07) is 0. The lowest BCUT2D eigenvalue weighted by atomic mass is 10.1. The standard InChI is InChI=1S/3C6H6O2.CH5N.CH4/c3*1-3-4(2)6(8)5(3)7;1-2;/h3*1-2H3;2H2,1H3;1H4. The van der Waals surface area contributed by atoms with Crippen molar-refractivity contribution in [3.8, 4) is 0 Å². The van der Waals surface area contributed by atoms with Gasteiger partial charge in [-0.25, -0.2) is 0 Å². The molecule has 7 heteroatoms. The van der Waals surface area contributed by atoms with E-state index in [2.05, 4.69) is 5.73 Å². The van der Waals surface area contributed by atoms with Crippen molar-refractivity contribution in [1.82, 2.24) is 0 Å². The van der Waals surface area contributed by atoms with Crippen LogP contribution in [0.3, 0.4) is 0 Å². The molecule has 0 heterocycles. The second-order valence-corrected chi connectivity index (χ2v) is 5.72. The van der Waals surface area contributed by atoms with Gasteiger partial charge in [0.2, 0.25) is 32.6 Å². The van der Waals surface area contributed by atoms with Gasteiger partial charge >= 0.3 is 0 Å². The predicted molar refractivity (Wildman–Crippen MR) is 109 cm³/mol. The molecule has 0 saturated carbocycles. The summed E-state index contributed by atoms with van der Waals surface area (Å²) in [5, 5.41) is 0. The van der Waals surface area contributed by atoms with E-state index in [-0.39, 0.29) is 40.0 Å². The monoisotopic (exact) mass is 377 g/mol. The zero-order valence-electron chi connectivity index (χ0n) is 16.0. The van der Waals surface area contributed by atoms with Gasteiger partial charge < -0.3 is 5.73 Å². The highest BCUT2D eigenvalue weighted by molar-refractivity contribution is 5.30. The van der Waals surface area contributed by atoms with Gasteiger partial charge in [0.15, 0.2) is 0 Å². The topological polar surface area (TPSA) is 128 Å². The molecule has 7 nitrogen and oxygen atoms in total. The number of rotatable bonds is 0. The number of hydrogen-bond acceptors (Lipinski definition) is 7. The summed E-state index contributed by atoms with van der Waals surface area (Å²) >= 11 is 0. The molecule has 3 aromatic carbocycles. The van der Waals surface area contributed by atoms with Crippen molar-refractivity contribution in [3.63, 3.8) is 0 Å². The smallest absolute Gasteiger partial charge is 0.229 e. The van der Waals surface area contributed by atoms with Crippen LogP contribution in [0.25, 0.3) is 0 Å². The number of hydrogen-bond donors (Lipinski definition) is 1. The van der Waals surface area contributed by atoms with E-state index in [9.17, 15) is 28.8 Å². The molecule has 0 aliphatic rings. The fourth-order valence-corrected chi connectivity index (χ4v) is 1.86. The fourth-order valence-electron chi connectivity index (χ4n) is 1.86. The Kier molecular flexibility index (Phi) is 10.2. The molecule has 0 bridgehead atoms. The first-order valence-corrected chi connectivity index (χ1v) is 7.80. The lowest BCUT2D eigenvalue weighted by molar-refractivity contribution is 1.17. The molecule has 27 heavy (non-hydrogen) atoms. The van der Waals surface area contributed by atoms with Crippen LogP contribution < -0.4 is 38.3 Å². The summed E-state index contributed by atoms with van der Waals surface area (Å²) < 4.78 is 0. The summed E-state index contributed by atoms with van der Waals surface area (Å²) in [5.41, 5.74) is 6.32. The van der Waals surface area contributed by atoms with Crippen molar-refractivity contribution in [2.45, 2.75) is 49.0 Å². The van der Waals surface area contributed by atoms with E-state index in [1.807, 2.05) is 0 Å². The predicted octanol–water partition coefficient (Wildman–Crippen LogP) is -0.0907. The van der Waals surface area contributed by atoms with Gasteiger partial charge in [0.25, 0.3) is 0 Å². The van der Waals surface area contributed by atoms with Crippen molar-refractivity contribution >= 4 is 0 Å². The molecule has 148 valence electrons. The molecule has 0 aliphatic heterocycles. The van der Waals surface area contributed by atoms with Gasteiger partial charge in [-0.2, -0.15) is 0 Å². The Bertz CT molecular complexity index is 892. The van der Waals surface area contributed by atoms with Crippen molar-refractivity contribution in [1.29, 1.82) is 0 Å². The lowest BCUT2D eigenvalue weighted by Crippen LogP contribution is -2.36. The largest absolute Gasteiger partial charge is 0.333 e. The van der Waals surface area contributed by atoms with E-state index in [4.69, 9.17) is 0 Å². The third-order valence-electron chi connectivity index (χ3n) is 4.35. The number of nitrogens with two attached hydrogens (primary N) is 1. The van der Waals surface area contributed by atoms with Crippen LogP contribution in [0.4, 0.5) is 0 Å². The molecule has 0 fully saturated rings. The lowest BCUT2D eigenvalue weighted by Gasteiger charge is -1.95. The van der Waals surface area contributed by atoms with Gasteiger partial charge in [0.1, 0.15) is 0 Å². The maximum Gasteiger partial charge on any atom is 0.229 e.